The number of carbonyl (C=O) groups excluding carboxylic acids is 1. The fourth-order valence-corrected chi connectivity index (χ4v) is 3.75. The van der Waals surface area contributed by atoms with Gasteiger partial charge >= 0.3 is 11.9 Å². The minimum absolute atomic E-state index is 0.271. The van der Waals surface area contributed by atoms with Gasteiger partial charge in [0.05, 0.1) is 25.6 Å². The topological polar surface area (TPSA) is 72.8 Å². The monoisotopic (exact) mass is 452 g/mol. The number of carboxylic acids is 1. The summed E-state index contributed by atoms with van der Waals surface area (Å²) in [6, 6.07) is 17.7. The molecule has 2 rings (SSSR count). The predicted octanol–water partition coefficient (Wildman–Crippen LogP) is 6.17. The van der Waals surface area contributed by atoms with Gasteiger partial charge in [-0.15, -0.1) is 0 Å². The molecule has 0 fully saturated rings. The van der Waals surface area contributed by atoms with E-state index in [1.54, 1.807) is 7.11 Å². The molecule has 0 unspecified atom stereocenters. The van der Waals surface area contributed by atoms with Gasteiger partial charge in [-0.2, -0.15) is 0 Å². The van der Waals surface area contributed by atoms with Gasteiger partial charge in [-0.1, -0.05) is 74.4 Å². The molecule has 33 heavy (non-hydrogen) atoms. The maximum Gasteiger partial charge on any atom is 0.309 e. The van der Waals surface area contributed by atoms with Crippen LogP contribution in [0.1, 0.15) is 56.6 Å². The van der Waals surface area contributed by atoms with Crippen molar-refractivity contribution in [1.82, 2.24) is 0 Å². The molecule has 0 saturated heterocycles. The van der Waals surface area contributed by atoms with Crippen molar-refractivity contribution in [2.24, 2.45) is 11.8 Å². The smallest absolute Gasteiger partial charge is 0.309 e. The average Bonchev–Trinajstić information content (AvgIpc) is 2.83. The number of esters is 1. The van der Waals surface area contributed by atoms with E-state index in [-0.39, 0.29) is 6.42 Å². The standard InChI is InChI=1S/C28H36O5/c1-3-4-21-33-28(31)26(15-9-8-13-22-11-6-5-7-12-22)25(27(29)30)16-10-14-23-17-19-24(32-2)20-18-23/h5-7,10-12,14,17-20,25-26H,3-4,8-9,13,15-16,21H2,1-2H3,(H,29,30)/b14-10+/t25-,26+/m1/s1. The second-order valence-corrected chi connectivity index (χ2v) is 8.21. The Hall–Kier alpha value is -3.08. The summed E-state index contributed by atoms with van der Waals surface area (Å²) in [5.41, 5.74) is 2.20. The number of ether oxygens (including phenoxy) is 2. The number of aliphatic carboxylic acids is 1. The molecule has 0 aliphatic carbocycles. The highest BCUT2D eigenvalue weighted by atomic mass is 16.5. The molecule has 5 nitrogen and oxygen atoms in total. The Balaban J connectivity index is 2.02. The zero-order chi connectivity index (χ0) is 23.9. The molecule has 2 aromatic carbocycles. The van der Waals surface area contributed by atoms with Gasteiger partial charge in [0.1, 0.15) is 5.75 Å². The zero-order valence-electron chi connectivity index (χ0n) is 19.7. The lowest BCUT2D eigenvalue weighted by Gasteiger charge is -2.22. The minimum atomic E-state index is -0.963. The number of benzene rings is 2. The summed E-state index contributed by atoms with van der Waals surface area (Å²) in [6.07, 6.45) is 8.77. The van der Waals surface area contributed by atoms with Gasteiger partial charge in [-0.05, 0) is 55.4 Å². The summed E-state index contributed by atoms with van der Waals surface area (Å²) >= 11 is 0. The van der Waals surface area contributed by atoms with Gasteiger partial charge in [0.15, 0.2) is 0 Å². The number of aryl methyl sites for hydroxylation is 1. The van der Waals surface area contributed by atoms with E-state index in [4.69, 9.17) is 9.47 Å². The van der Waals surface area contributed by atoms with Crippen LogP contribution in [0.25, 0.3) is 6.08 Å². The molecule has 0 aliphatic heterocycles. The first-order valence-electron chi connectivity index (χ1n) is 11.8. The second kappa shape index (κ2) is 14.9. The number of allylic oxidation sites excluding steroid dienone is 1. The maximum atomic E-state index is 12.8. The fourth-order valence-electron chi connectivity index (χ4n) is 3.75. The molecule has 0 aliphatic rings. The van der Waals surface area contributed by atoms with Crippen LogP contribution in [0.3, 0.4) is 0 Å². The van der Waals surface area contributed by atoms with Gasteiger partial charge in [0.25, 0.3) is 0 Å². The summed E-state index contributed by atoms with van der Waals surface area (Å²) in [4.78, 5) is 24.9. The number of carboxylic acid groups (broad SMARTS) is 1. The molecule has 0 radical (unpaired) electrons. The number of hydrogen-bond donors (Lipinski definition) is 1. The molecule has 0 heterocycles. The van der Waals surface area contributed by atoms with E-state index in [0.717, 1.165) is 43.4 Å². The Morgan fingerprint density at radius 3 is 2.33 bits per heavy atom. The first-order chi connectivity index (χ1) is 16.0. The van der Waals surface area contributed by atoms with Crippen molar-refractivity contribution in [2.45, 2.75) is 51.9 Å². The molecule has 178 valence electrons. The van der Waals surface area contributed by atoms with Crippen molar-refractivity contribution in [3.8, 4) is 5.75 Å². The van der Waals surface area contributed by atoms with E-state index < -0.39 is 23.8 Å². The van der Waals surface area contributed by atoms with Crippen LogP contribution in [-0.2, 0) is 20.7 Å². The molecule has 0 aromatic heterocycles. The van der Waals surface area contributed by atoms with Crippen molar-refractivity contribution >= 4 is 18.0 Å². The Bertz CT molecular complexity index is 858. The first-order valence-corrected chi connectivity index (χ1v) is 11.8. The lowest BCUT2D eigenvalue weighted by atomic mass is 9.85. The van der Waals surface area contributed by atoms with Crippen molar-refractivity contribution in [3.63, 3.8) is 0 Å². The third-order valence-corrected chi connectivity index (χ3v) is 5.74. The van der Waals surface area contributed by atoms with E-state index >= 15 is 0 Å². The Kier molecular flexibility index (Phi) is 11.8. The number of rotatable bonds is 15. The quantitative estimate of drug-likeness (QED) is 0.258. The van der Waals surface area contributed by atoms with Crippen LogP contribution in [0.4, 0.5) is 0 Å². The maximum absolute atomic E-state index is 12.8. The van der Waals surface area contributed by atoms with Crippen molar-refractivity contribution < 1.29 is 24.2 Å². The lowest BCUT2D eigenvalue weighted by Crippen LogP contribution is -2.31. The van der Waals surface area contributed by atoms with Crippen LogP contribution in [-0.4, -0.2) is 30.8 Å². The summed E-state index contributed by atoms with van der Waals surface area (Å²) in [6.45, 7) is 2.36. The van der Waals surface area contributed by atoms with Crippen molar-refractivity contribution in [2.75, 3.05) is 13.7 Å². The second-order valence-electron chi connectivity index (χ2n) is 8.21. The van der Waals surface area contributed by atoms with E-state index in [2.05, 4.69) is 12.1 Å². The van der Waals surface area contributed by atoms with Gasteiger partial charge in [-0.3, -0.25) is 9.59 Å². The minimum Gasteiger partial charge on any atom is -0.497 e. The molecule has 2 atom stereocenters. The molecule has 0 bridgehead atoms. The molecular formula is C28H36O5. The number of hydrogen-bond acceptors (Lipinski definition) is 4. The SMILES string of the molecule is CCCCOC(=O)[C@@H](CCCCc1ccccc1)[C@@H](C/C=C/c1ccc(OC)cc1)C(=O)O. The van der Waals surface area contributed by atoms with Crippen molar-refractivity contribution in [3.05, 3.63) is 71.8 Å². The largest absolute Gasteiger partial charge is 0.497 e. The molecular weight excluding hydrogens is 416 g/mol. The highest BCUT2D eigenvalue weighted by Gasteiger charge is 2.33. The summed E-state index contributed by atoms with van der Waals surface area (Å²) in [7, 11) is 1.61. The van der Waals surface area contributed by atoms with Gasteiger partial charge < -0.3 is 14.6 Å². The Labute approximate surface area is 197 Å². The van der Waals surface area contributed by atoms with Crippen LogP contribution in [0, 0.1) is 11.8 Å². The predicted molar refractivity (Wildman–Crippen MR) is 131 cm³/mol. The summed E-state index contributed by atoms with van der Waals surface area (Å²) < 4.78 is 10.6. The lowest BCUT2D eigenvalue weighted by molar-refractivity contribution is -0.158. The normalized spacial score (nSPS) is 12.9. The van der Waals surface area contributed by atoms with E-state index in [9.17, 15) is 14.7 Å². The van der Waals surface area contributed by atoms with Gasteiger partial charge in [0.2, 0.25) is 0 Å². The van der Waals surface area contributed by atoms with Crippen LogP contribution in [0.5, 0.6) is 5.75 Å². The molecule has 5 heteroatoms. The number of methoxy groups -OCH3 is 1. The van der Waals surface area contributed by atoms with Gasteiger partial charge in [0, 0.05) is 0 Å². The third-order valence-electron chi connectivity index (χ3n) is 5.74. The Morgan fingerprint density at radius 1 is 0.970 bits per heavy atom. The summed E-state index contributed by atoms with van der Waals surface area (Å²) in [5.74, 6) is -2.06. The number of unbranched alkanes of at least 4 members (excludes halogenated alkanes) is 2. The Morgan fingerprint density at radius 2 is 1.70 bits per heavy atom. The number of carbonyl (C=O) groups is 2. The molecule has 0 spiro atoms. The van der Waals surface area contributed by atoms with Crippen LogP contribution < -0.4 is 4.74 Å². The van der Waals surface area contributed by atoms with Crippen LogP contribution in [0.2, 0.25) is 0 Å². The summed E-state index contributed by atoms with van der Waals surface area (Å²) in [5, 5.41) is 9.91. The van der Waals surface area contributed by atoms with E-state index in [1.807, 2.05) is 61.5 Å². The van der Waals surface area contributed by atoms with E-state index in [1.165, 1.54) is 5.56 Å². The molecule has 0 saturated carbocycles. The molecule has 0 amide bonds. The fraction of sp³-hybridized carbons (Fsp3) is 0.429. The molecule has 2 aromatic rings. The highest BCUT2D eigenvalue weighted by molar-refractivity contribution is 5.81. The van der Waals surface area contributed by atoms with Crippen LogP contribution in [0.15, 0.2) is 60.7 Å². The zero-order valence-corrected chi connectivity index (χ0v) is 19.7. The van der Waals surface area contributed by atoms with Gasteiger partial charge in [-0.25, -0.2) is 0 Å². The highest BCUT2D eigenvalue weighted by Crippen LogP contribution is 2.26. The van der Waals surface area contributed by atoms with E-state index in [0.29, 0.717) is 13.0 Å². The first kappa shape index (κ1) is 26.2. The molecule has 1 N–H and O–H groups in total. The van der Waals surface area contributed by atoms with Crippen LogP contribution >= 0.6 is 0 Å². The third kappa shape index (κ3) is 9.52. The van der Waals surface area contributed by atoms with Crippen molar-refractivity contribution in [1.29, 1.82) is 0 Å². The average molecular weight is 453 g/mol.